The maximum absolute atomic E-state index is 13.4. The molecule has 0 aliphatic heterocycles. The van der Waals surface area contributed by atoms with Gasteiger partial charge in [0.1, 0.15) is 16.8 Å². The normalized spacial score (nSPS) is 11.2. The first kappa shape index (κ1) is 22.2. The van der Waals surface area contributed by atoms with Crippen molar-refractivity contribution in [1.29, 1.82) is 5.41 Å². The van der Waals surface area contributed by atoms with Crippen molar-refractivity contribution in [3.8, 4) is 0 Å². The Morgan fingerprint density at radius 3 is 2.74 bits per heavy atom. The summed E-state index contributed by atoms with van der Waals surface area (Å²) in [6.45, 7) is 3.24. The minimum atomic E-state index is -0.433. The maximum atomic E-state index is 13.4. The number of hydrogen-bond acceptors (Lipinski definition) is 6. The van der Waals surface area contributed by atoms with Gasteiger partial charge < -0.3 is 14.5 Å². The molecule has 5 rings (SSSR count). The highest BCUT2D eigenvalue weighted by molar-refractivity contribution is 5.96. The van der Waals surface area contributed by atoms with E-state index in [1.54, 1.807) is 47.8 Å². The molecule has 5 aromatic heterocycles. The molecule has 176 valence electrons. The zero-order chi connectivity index (χ0) is 24.4. The number of fused-ring (bicyclic) bond motifs is 2. The number of hydrogen-bond donors (Lipinski definition) is 2. The molecular formula is C25H24N8O2. The Morgan fingerprint density at radius 2 is 1.97 bits per heavy atom. The van der Waals surface area contributed by atoms with Crippen LogP contribution in [0.15, 0.2) is 72.4 Å². The Balaban J connectivity index is 1.60. The number of pyridine rings is 3. The smallest absolute Gasteiger partial charge is 0.267 e. The fourth-order valence-electron chi connectivity index (χ4n) is 4.10. The predicted molar refractivity (Wildman–Crippen MR) is 130 cm³/mol. The van der Waals surface area contributed by atoms with Crippen LogP contribution >= 0.6 is 0 Å². The number of aryl methyl sites for hydroxylation is 3. The Kier molecular flexibility index (Phi) is 5.92. The summed E-state index contributed by atoms with van der Waals surface area (Å²) < 4.78 is 5.08. The van der Waals surface area contributed by atoms with Crippen molar-refractivity contribution in [2.75, 3.05) is 0 Å². The fraction of sp³-hybridized carbons (Fsp3) is 0.200. The van der Waals surface area contributed by atoms with Gasteiger partial charge in [-0.15, -0.1) is 0 Å². The predicted octanol–water partition coefficient (Wildman–Crippen LogP) is 2.05. The molecule has 0 unspecified atom stereocenters. The third-order valence-electron chi connectivity index (χ3n) is 5.91. The highest BCUT2D eigenvalue weighted by Gasteiger charge is 2.18. The van der Waals surface area contributed by atoms with Gasteiger partial charge in [-0.05, 0) is 42.7 Å². The molecule has 5 aromatic rings. The van der Waals surface area contributed by atoms with Gasteiger partial charge in [0.2, 0.25) is 0 Å². The van der Waals surface area contributed by atoms with Crippen LogP contribution in [0.25, 0.3) is 16.7 Å². The summed E-state index contributed by atoms with van der Waals surface area (Å²) in [7, 11) is 0. The van der Waals surface area contributed by atoms with Crippen molar-refractivity contribution in [2.24, 2.45) is 0 Å². The maximum Gasteiger partial charge on any atom is 0.267 e. The topological polar surface area (TPSA) is 123 Å². The second-order valence-electron chi connectivity index (χ2n) is 8.30. The number of nitrogens with zero attached hydrogens (tertiary/aromatic N) is 6. The van der Waals surface area contributed by atoms with Crippen LogP contribution in [-0.2, 0) is 19.6 Å². The number of aromatic nitrogens is 6. The van der Waals surface area contributed by atoms with Gasteiger partial charge in [0, 0.05) is 50.6 Å². The summed E-state index contributed by atoms with van der Waals surface area (Å²) in [6, 6.07) is 8.81. The van der Waals surface area contributed by atoms with Gasteiger partial charge in [0.15, 0.2) is 0 Å². The Bertz CT molecular complexity index is 1640. The van der Waals surface area contributed by atoms with Crippen molar-refractivity contribution in [1.82, 2.24) is 33.8 Å². The van der Waals surface area contributed by atoms with Gasteiger partial charge in [-0.2, -0.15) is 0 Å². The van der Waals surface area contributed by atoms with E-state index < -0.39 is 5.91 Å². The lowest BCUT2D eigenvalue weighted by atomic mass is 10.1. The van der Waals surface area contributed by atoms with E-state index in [0.29, 0.717) is 36.2 Å². The highest BCUT2D eigenvalue weighted by Crippen LogP contribution is 2.13. The molecule has 5 heterocycles. The molecule has 2 N–H and O–H groups in total. The van der Waals surface area contributed by atoms with Crippen molar-refractivity contribution >= 4 is 22.6 Å². The molecule has 10 nitrogen and oxygen atoms in total. The highest BCUT2D eigenvalue weighted by atomic mass is 16.1. The van der Waals surface area contributed by atoms with Crippen LogP contribution in [-0.4, -0.2) is 34.4 Å². The van der Waals surface area contributed by atoms with E-state index in [-0.39, 0.29) is 23.2 Å². The standard InChI is InChI=1S/C25H24N8O2/c1-17-5-3-10-33-22(17)30-23-20(25(33)35)13-19(24(34)29-15-18-6-2-7-27-14-18)21(26)32(23)11-4-9-31-12-8-28-16-31/h2-3,5-8,10,12-14,16,26H,4,9,11,15H2,1H3,(H,29,34). The lowest BCUT2D eigenvalue weighted by molar-refractivity contribution is 0.0948. The molecule has 1 amide bonds. The van der Waals surface area contributed by atoms with Crippen molar-refractivity contribution in [3.05, 3.63) is 100 Å². The van der Waals surface area contributed by atoms with E-state index in [9.17, 15) is 9.59 Å². The summed E-state index contributed by atoms with van der Waals surface area (Å²) >= 11 is 0. The largest absolute Gasteiger partial charge is 0.348 e. The Labute approximate surface area is 200 Å². The number of nitrogens with one attached hydrogen (secondary N) is 2. The van der Waals surface area contributed by atoms with E-state index in [4.69, 9.17) is 10.4 Å². The lowest BCUT2D eigenvalue weighted by Gasteiger charge is -2.15. The zero-order valence-electron chi connectivity index (χ0n) is 19.2. The molecule has 0 bridgehead atoms. The van der Waals surface area contributed by atoms with Crippen LogP contribution in [0.2, 0.25) is 0 Å². The van der Waals surface area contributed by atoms with Crippen LogP contribution in [0, 0.1) is 12.3 Å². The van der Waals surface area contributed by atoms with Crippen LogP contribution in [0.1, 0.15) is 27.9 Å². The van der Waals surface area contributed by atoms with E-state index in [1.165, 1.54) is 10.5 Å². The lowest BCUT2D eigenvalue weighted by Crippen LogP contribution is -2.35. The second-order valence-corrected chi connectivity index (χ2v) is 8.30. The SMILES string of the molecule is Cc1cccn2c(=O)c3cc(C(=O)NCc4cccnc4)c(=N)n(CCCn4ccnc4)c3nc12. The van der Waals surface area contributed by atoms with Gasteiger partial charge >= 0.3 is 0 Å². The number of rotatable bonds is 7. The third-order valence-corrected chi connectivity index (χ3v) is 5.91. The average Bonchev–Trinajstić information content (AvgIpc) is 3.39. The number of carbonyl (C=O) groups excluding carboxylic acids is 1. The van der Waals surface area contributed by atoms with E-state index in [2.05, 4.69) is 15.3 Å². The molecule has 10 heteroatoms. The number of imidazole rings is 1. The van der Waals surface area contributed by atoms with Crippen LogP contribution in [0.4, 0.5) is 0 Å². The average molecular weight is 469 g/mol. The molecule has 35 heavy (non-hydrogen) atoms. The monoisotopic (exact) mass is 468 g/mol. The van der Waals surface area contributed by atoms with Crippen LogP contribution in [0.3, 0.4) is 0 Å². The molecule has 0 saturated carbocycles. The molecular weight excluding hydrogens is 444 g/mol. The summed E-state index contributed by atoms with van der Waals surface area (Å²) in [5, 5.41) is 12.0. The summed E-state index contributed by atoms with van der Waals surface area (Å²) in [6.07, 6.45) is 11.0. The number of amides is 1. The summed E-state index contributed by atoms with van der Waals surface area (Å²) in [5.41, 5.74) is 2.46. The van der Waals surface area contributed by atoms with E-state index in [0.717, 1.165) is 11.1 Å². The van der Waals surface area contributed by atoms with Crippen molar-refractivity contribution in [2.45, 2.75) is 33.0 Å². The molecule has 0 aliphatic carbocycles. The van der Waals surface area contributed by atoms with Gasteiger partial charge in [-0.1, -0.05) is 12.1 Å². The molecule has 0 radical (unpaired) electrons. The molecule has 0 aliphatic rings. The van der Waals surface area contributed by atoms with Crippen LogP contribution < -0.4 is 16.4 Å². The van der Waals surface area contributed by atoms with Gasteiger partial charge in [0.05, 0.1) is 17.3 Å². The quantitative estimate of drug-likeness (QED) is 0.354. The molecule has 0 atom stereocenters. The van der Waals surface area contributed by atoms with Gasteiger partial charge in [-0.25, -0.2) is 9.97 Å². The van der Waals surface area contributed by atoms with Crippen molar-refractivity contribution in [3.63, 3.8) is 0 Å². The van der Waals surface area contributed by atoms with E-state index >= 15 is 0 Å². The molecule has 0 spiro atoms. The molecule has 0 fully saturated rings. The summed E-state index contributed by atoms with van der Waals surface area (Å²) in [4.78, 5) is 39.4. The van der Waals surface area contributed by atoms with Crippen LogP contribution in [0.5, 0.6) is 0 Å². The zero-order valence-corrected chi connectivity index (χ0v) is 19.2. The second kappa shape index (κ2) is 9.34. The van der Waals surface area contributed by atoms with E-state index in [1.807, 2.05) is 29.8 Å². The van der Waals surface area contributed by atoms with Gasteiger partial charge in [0.25, 0.3) is 11.5 Å². The number of carbonyl (C=O) groups is 1. The minimum Gasteiger partial charge on any atom is -0.348 e. The molecule has 0 aromatic carbocycles. The Morgan fingerprint density at radius 1 is 1.09 bits per heavy atom. The Hall–Kier alpha value is -4.60. The minimum absolute atomic E-state index is 0.0108. The van der Waals surface area contributed by atoms with Gasteiger partial charge in [-0.3, -0.25) is 24.4 Å². The van der Waals surface area contributed by atoms with Crippen molar-refractivity contribution < 1.29 is 4.79 Å². The molecule has 0 saturated heterocycles. The first-order chi connectivity index (χ1) is 17.0. The fourth-order valence-corrected chi connectivity index (χ4v) is 4.10. The summed E-state index contributed by atoms with van der Waals surface area (Å²) in [5.74, 6) is -0.433. The first-order valence-electron chi connectivity index (χ1n) is 11.3. The third kappa shape index (κ3) is 4.33. The first-order valence-corrected chi connectivity index (χ1v) is 11.3.